The normalized spacial score (nSPS) is 42.0. The third-order valence-electron chi connectivity index (χ3n) is 9.66. The van der Waals surface area contributed by atoms with Crippen molar-refractivity contribution in [2.24, 2.45) is 35.0 Å². The van der Waals surface area contributed by atoms with Gasteiger partial charge in [-0.3, -0.25) is 4.79 Å². The van der Waals surface area contributed by atoms with E-state index in [-0.39, 0.29) is 11.4 Å². The van der Waals surface area contributed by atoms with Crippen molar-refractivity contribution in [1.29, 1.82) is 0 Å². The zero-order chi connectivity index (χ0) is 21.2. The number of terminal acetylenes is 1. The van der Waals surface area contributed by atoms with Crippen molar-refractivity contribution < 1.29 is 9.53 Å². The van der Waals surface area contributed by atoms with E-state index in [4.69, 9.17) is 11.2 Å². The molecule has 0 bridgehead atoms. The van der Waals surface area contributed by atoms with Gasteiger partial charge >= 0.3 is 5.97 Å². The molecule has 4 rings (SSSR count). The van der Waals surface area contributed by atoms with Gasteiger partial charge in [-0.1, -0.05) is 57.6 Å². The Morgan fingerprint density at radius 1 is 1.00 bits per heavy atom. The third-order valence-corrected chi connectivity index (χ3v) is 9.66. The maximum absolute atomic E-state index is 12.8. The first-order valence-corrected chi connectivity index (χ1v) is 12.9. The van der Waals surface area contributed by atoms with Crippen molar-refractivity contribution in [3.05, 3.63) is 12.2 Å². The fourth-order valence-electron chi connectivity index (χ4n) is 7.97. The number of carbonyl (C=O) groups is 1. The Balaban J connectivity index is 1.43. The lowest BCUT2D eigenvalue weighted by atomic mass is 9.49. The average molecular weight is 411 g/mol. The van der Waals surface area contributed by atoms with Gasteiger partial charge in [0, 0.05) is 11.8 Å². The molecule has 1 unspecified atom stereocenters. The van der Waals surface area contributed by atoms with Crippen molar-refractivity contribution in [2.45, 2.75) is 109 Å². The van der Waals surface area contributed by atoms with Crippen LogP contribution in [0.25, 0.3) is 0 Å². The van der Waals surface area contributed by atoms with E-state index in [1.807, 2.05) is 0 Å². The van der Waals surface area contributed by atoms with E-state index in [1.165, 1.54) is 51.4 Å². The number of esters is 1. The summed E-state index contributed by atoms with van der Waals surface area (Å²) in [4.78, 5) is 12.8. The molecule has 2 heteroatoms. The highest BCUT2D eigenvalue weighted by Crippen LogP contribution is 2.65. The fraction of sp³-hybridized carbons (Fsp3) is 0.821. The van der Waals surface area contributed by atoms with Crippen molar-refractivity contribution in [3.63, 3.8) is 0 Å². The minimum absolute atomic E-state index is 0.0435. The predicted octanol–water partition coefficient (Wildman–Crippen LogP) is 7.08. The number of unbranched alkanes of at least 4 members (excludes halogenated alkanes) is 4. The van der Waals surface area contributed by atoms with Gasteiger partial charge in [-0.05, 0) is 87.4 Å². The second kappa shape index (κ2) is 9.10. The molecule has 7 atom stereocenters. The van der Waals surface area contributed by atoms with Crippen LogP contribution in [0.3, 0.4) is 0 Å². The molecule has 0 aromatic heterocycles. The number of rotatable bonds is 7. The quantitative estimate of drug-likeness (QED) is 0.194. The molecule has 0 saturated heterocycles. The number of allylic oxidation sites excluding steroid dienone is 2. The number of hydrogen-bond donors (Lipinski definition) is 0. The summed E-state index contributed by atoms with van der Waals surface area (Å²) in [7, 11) is 0. The first-order valence-electron chi connectivity index (χ1n) is 12.9. The van der Waals surface area contributed by atoms with Crippen LogP contribution in [0, 0.1) is 47.3 Å². The van der Waals surface area contributed by atoms with Gasteiger partial charge in [-0.25, -0.2) is 0 Å². The van der Waals surface area contributed by atoms with Gasteiger partial charge in [0.2, 0.25) is 0 Å². The Hall–Kier alpha value is -1.23. The van der Waals surface area contributed by atoms with Crippen molar-refractivity contribution in [3.8, 4) is 12.3 Å². The summed E-state index contributed by atoms with van der Waals surface area (Å²) in [6.45, 7) is 4.58. The van der Waals surface area contributed by atoms with Crippen LogP contribution in [-0.2, 0) is 9.53 Å². The molecule has 4 aliphatic rings. The van der Waals surface area contributed by atoms with Crippen LogP contribution >= 0.6 is 0 Å². The summed E-state index contributed by atoms with van der Waals surface area (Å²) < 4.78 is 6.23. The monoisotopic (exact) mass is 410 g/mol. The molecule has 0 aromatic carbocycles. The number of ether oxygens (including phenoxy) is 1. The van der Waals surface area contributed by atoms with E-state index in [1.54, 1.807) is 0 Å². The van der Waals surface area contributed by atoms with Crippen molar-refractivity contribution in [1.82, 2.24) is 0 Å². The molecule has 0 aromatic rings. The van der Waals surface area contributed by atoms with E-state index in [9.17, 15) is 4.79 Å². The smallest absolute Gasteiger partial charge is 0.307 e. The molecule has 0 heterocycles. The van der Waals surface area contributed by atoms with E-state index in [2.05, 4.69) is 31.9 Å². The zero-order valence-corrected chi connectivity index (χ0v) is 19.3. The average Bonchev–Trinajstić information content (AvgIpc) is 3.06. The number of carbonyl (C=O) groups excluding carboxylic acids is 1. The van der Waals surface area contributed by atoms with Gasteiger partial charge in [-0.15, -0.1) is 6.42 Å². The lowest BCUT2D eigenvalue weighted by molar-refractivity contribution is -0.171. The maximum atomic E-state index is 12.8. The largest absolute Gasteiger partial charge is 0.445 e. The van der Waals surface area contributed by atoms with E-state index in [0.717, 1.165) is 55.8 Å². The van der Waals surface area contributed by atoms with Crippen LogP contribution in [-0.4, -0.2) is 11.6 Å². The molecule has 0 amide bonds. The highest BCUT2D eigenvalue weighted by atomic mass is 16.6. The molecule has 0 spiro atoms. The minimum atomic E-state index is -0.674. The molecule has 0 aliphatic heterocycles. The number of hydrogen-bond acceptors (Lipinski definition) is 2. The van der Waals surface area contributed by atoms with Crippen LogP contribution in [0.5, 0.6) is 0 Å². The van der Waals surface area contributed by atoms with E-state index in [0.29, 0.717) is 12.3 Å². The first kappa shape index (κ1) is 22.0. The highest BCUT2D eigenvalue weighted by molar-refractivity contribution is 5.70. The van der Waals surface area contributed by atoms with Gasteiger partial charge in [0.15, 0.2) is 5.60 Å². The highest BCUT2D eigenvalue weighted by Gasteiger charge is 2.64. The summed E-state index contributed by atoms with van der Waals surface area (Å²) >= 11 is 0. The van der Waals surface area contributed by atoms with Gasteiger partial charge in [0.05, 0.1) is 0 Å². The summed E-state index contributed by atoms with van der Waals surface area (Å²) in [5.41, 5.74) is -0.718. The molecular weight excluding hydrogens is 368 g/mol. The third kappa shape index (κ3) is 3.76. The predicted molar refractivity (Wildman–Crippen MR) is 123 cm³/mol. The molecule has 2 nitrogen and oxygen atoms in total. The summed E-state index contributed by atoms with van der Waals surface area (Å²) in [5.74, 6) is 7.04. The Labute approximate surface area is 184 Å². The zero-order valence-electron chi connectivity index (χ0n) is 19.3. The van der Waals surface area contributed by atoms with Crippen LogP contribution in [0.15, 0.2) is 12.2 Å². The van der Waals surface area contributed by atoms with Crippen molar-refractivity contribution in [2.75, 3.05) is 0 Å². The Kier molecular flexibility index (Phi) is 6.67. The first-order chi connectivity index (χ1) is 14.5. The van der Waals surface area contributed by atoms with Gasteiger partial charge in [0.1, 0.15) is 0 Å². The molecule has 166 valence electrons. The van der Waals surface area contributed by atoms with Crippen molar-refractivity contribution >= 4 is 5.97 Å². The molecule has 4 aliphatic carbocycles. The van der Waals surface area contributed by atoms with E-state index < -0.39 is 5.60 Å². The molecule has 3 saturated carbocycles. The Morgan fingerprint density at radius 2 is 1.80 bits per heavy atom. The molecule has 3 fully saturated rings. The summed E-state index contributed by atoms with van der Waals surface area (Å²) in [6, 6.07) is 0. The fourth-order valence-corrected chi connectivity index (χ4v) is 7.97. The Bertz CT molecular complexity index is 687. The van der Waals surface area contributed by atoms with Gasteiger partial charge in [-0.2, -0.15) is 0 Å². The van der Waals surface area contributed by atoms with Crippen LogP contribution < -0.4 is 0 Å². The van der Waals surface area contributed by atoms with Crippen LogP contribution in [0.4, 0.5) is 0 Å². The molecule has 30 heavy (non-hydrogen) atoms. The lowest BCUT2D eigenvalue weighted by Crippen LogP contribution is -2.54. The van der Waals surface area contributed by atoms with E-state index >= 15 is 0 Å². The van der Waals surface area contributed by atoms with Gasteiger partial charge < -0.3 is 4.74 Å². The molecule has 0 N–H and O–H groups in total. The minimum Gasteiger partial charge on any atom is -0.445 e. The maximum Gasteiger partial charge on any atom is 0.307 e. The van der Waals surface area contributed by atoms with Crippen LogP contribution in [0.1, 0.15) is 104 Å². The lowest BCUT2D eigenvalue weighted by Gasteiger charge is -2.56. The number of fused-ring (bicyclic) bond motifs is 5. The van der Waals surface area contributed by atoms with Gasteiger partial charge in [0.25, 0.3) is 0 Å². The van der Waals surface area contributed by atoms with Crippen LogP contribution in [0.2, 0.25) is 0 Å². The summed E-state index contributed by atoms with van der Waals surface area (Å²) in [6.07, 6.45) is 26.9. The molecular formula is C28H42O2. The topological polar surface area (TPSA) is 26.3 Å². The summed E-state index contributed by atoms with van der Waals surface area (Å²) in [5, 5.41) is 0. The molecule has 0 radical (unpaired) electrons. The second-order valence-electron chi connectivity index (χ2n) is 11.0. The standard InChI is InChI=1S/C28H42O2/c1-4-6-7-8-9-14-26(29)30-28(5-2)20-18-25-24-16-15-21-12-10-11-13-22(21)23(24)17-19-27(25,28)3/h2,10-11,21-25H,4,6-9,12-20H2,1,3H3/t21?,22-,23+,24+,25-,27-,28-/m0/s1. The SMILES string of the molecule is C#C[C@]1(OC(=O)CCCCCCC)CC[C@H]2[C@@H]3CCC4CC=CC[C@@H]4[C@H]3CC[C@@]21C. The Morgan fingerprint density at radius 3 is 2.60 bits per heavy atom. The second-order valence-corrected chi connectivity index (χ2v) is 11.0.